The van der Waals surface area contributed by atoms with Gasteiger partial charge in [0.2, 0.25) is 0 Å². The monoisotopic (exact) mass is 331 g/mol. The van der Waals surface area contributed by atoms with Gasteiger partial charge in [-0.05, 0) is 30.2 Å². The molecular formula is C18H18ClNO3. The summed E-state index contributed by atoms with van der Waals surface area (Å²) in [5, 5.41) is 3.40. The third-order valence-electron chi connectivity index (χ3n) is 3.61. The average Bonchev–Trinajstić information content (AvgIpc) is 2.59. The maximum atomic E-state index is 12.2. The largest absolute Gasteiger partial charge is 0.455 e. The fourth-order valence-electron chi connectivity index (χ4n) is 2.50. The molecule has 0 aliphatic carbocycles. The van der Waals surface area contributed by atoms with Gasteiger partial charge in [0, 0.05) is 17.1 Å². The lowest BCUT2D eigenvalue weighted by molar-refractivity contribution is -0.165. The van der Waals surface area contributed by atoms with E-state index >= 15 is 0 Å². The zero-order valence-electron chi connectivity index (χ0n) is 12.8. The second-order valence-corrected chi connectivity index (χ2v) is 5.79. The first-order valence-electron chi connectivity index (χ1n) is 7.63. The third-order valence-corrected chi connectivity index (χ3v) is 3.85. The predicted octanol–water partition coefficient (Wildman–Crippen LogP) is 3.69. The van der Waals surface area contributed by atoms with Crippen molar-refractivity contribution in [3.63, 3.8) is 0 Å². The van der Waals surface area contributed by atoms with E-state index in [-0.39, 0.29) is 5.91 Å². The van der Waals surface area contributed by atoms with Gasteiger partial charge in [-0.25, -0.2) is 0 Å². The molecule has 1 heterocycles. The molecule has 2 aromatic rings. The minimum atomic E-state index is -0.972. The Balaban J connectivity index is 1.94. The van der Waals surface area contributed by atoms with Crippen molar-refractivity contribution in [2.24, 2.45) is 0 Å². The molecule has 1 N–H and O–H groups in total. The molecule has 3 rings (SSSR count). The van der Waals surface area contributed by atoms with Crippen LogP contribution in [0.2, 0.25) is 5.02 Å². The van der Waals surface area contributed by atoms with E-state index in [1.807, 2.05) is 43.3 Å². The molecule has 120 valence electrons. The first-order valence-corrected chi connectivity index (χ1v) is 8.01. The molecule has 0 fully saturated rings. The topological polar surface area (TPSA) is 47.6 Å². The molecule has 4 nitrogen and oxygen atoms in total. The van der Waals surface area contributed by atoms with Gasteiger partial charge in [0.05, 0.1) is 0 Å². The standard InChI is InChI=1S/C18H18ClNO3/c1-2-10-20-17(21)18-22-15-9-8-13(19)11-14(15)16(23-18)12-6-4-3-5-7-12/h3-9,11,16,18H,2,10H2,1H3,(H,20,21). The van der Waals surface area contributed by atoms with E-state index in [1.54, 1.807) is 12.1 Å². The van der Waals surface area contributed by atoms with Crippen LogP contribution in [0.1, 0.15) is 30.6 Å². The van der Waals surface area contributed by atoms with Gasteiger partial charge in [-0.1, -0.05) is 48.9 Å². The number of ether oxygens (including phenoxy) is 2. The van der Waals surface area contributed by atoms with Gasteiger partial charge in [-0.2, -0.15) is 0 Å². The van der Waals surface area contributed by atoms with Crippen molar-refractivity contribution in [1.82, 2.24) is 5.32 Å². The lowest BCUT2D eigenvalue weighted by Gasteiger charge is -2.32. The van der Waals surface area contributed by atoms with E-state index in [2.05, 4.69) is 5.32 Å². The smallest absolute Gasteiger partial charge is 0.289 e. The van der Waals surface area contributed by atoms with Gasteiger partial charge >= 0.3 is 0 Å². The number of halogens is 1. The Morgan fingerprint density at radius 2 is 2.00 bits per heavy atom. The number of benzene rings is 2. The molecular weight excluding hydrogens is 314 g/mol. The second-order valence-electron chi connectivity index (χ2n) is 5.35. The summed E-state index contributed by atoms with van der Waals surface area (Å²) >= 11 is 6.11. The normalized spacial score (nSPS) is 19.6. The summed E-state index contributed by atoms with van der Waals surface area (Å²) in [7, 11) is 0. The summed E-state index contributed by atoms with van der Waals surface area (Å²) < 4.78 is 11.6. The van der Waals surface area contributed by atoms with Crippen LogP contribution in [-0.4, -0.2) is 18.7 Å². The molecule has 23 heavy (non-hydrogen) atoms. The molecule has 0 radical (unpaired) electrons. The van der Waals surface area contributed by atoms with Crippen molar-refractivity contribution < 1.29 is 14.3 Å². The van der Waals surface area contributed by atoms with Gasteiger partial charge in [-0.3, -0.25) is 4.79 Å². The highest BCUT2D eigenvalue weighted by molar-refractivity contribution is 6.30. The Labute approximate surface area is 140 Å². The van der Waals surface area contributed by atoms with E-state index in [4.69, 9.17) is 21.1 Å². The molecule has 0 saturated carbocycles. The van der Waals surface area contributed by atoms with Crippen LogP contribution in [-0.2, 0) is 9.53 Å². The van der Waals surface area contributed by atoms with Crippen molar-refractivity contribution in [1.29, 1.82) is 0 Å². The molecule has 5 heteroatoms. The van der Waals surface area contributed by atoms with Crippen molar-refractivity contribution in [3.8, 4) is 5.75 Å². The molecule has 2 atom stereocenters. The SMILES string of the molecule is CCCNC(=O)C1Oc2ccc(Cl)cc2C(c2ccccc2)O1. The van der Waals surface area contributed by atoms with Gasteiger partial charge in [0.15, 0.2) is 0 Å². The van der Waals surface area contributed by atoms with Crippen LogP contribution in [0.15, 0.2) is 48.5 Å². The molecule has 2 unspecified atom stereocenters. The number of carbonyl (C=O) groups is 1. The summed E-state index contributed by atoms with van der Waals surface area (Å²) in [6, 6.07) is 15.1. The minimum absolute atomic E-state index is 0.270. The molecule has 0 bridgehead atoms. The predicted molar refractivity (Wildman–Crippen MR) is 88.5 cm³/mol. The van der Waals surface area contributed by atoms with E-state index in [0.717, 1.165) is 17.5 Å². The van der Waals surface area contributed by atoms with Gasteiger partial charge in [0.1, 0.15) is 11.9 Å². The highest BCUT2D eigenvalue weighted by Gasteiger charge is 2.34. The Morgan fingerprint density at radius 1 is 1.22 bits per heavy atom. The van der Waals surface area contributed by atoms with Gasteiger partial charge in [0.25, 0.3) is 12.2 Å². The molecule has 1 amide bonds. The Bertz CT molecular complexity index is 690. The fourth-order valence-corrected chi connectivity index (χ4v) is 2.68. The minimum Gasteiger partial charge on any atom is -0.455 e. The van der Waals surface area contributed by atoms with Crippen LogP contribution >= 0.6 is 11.6 Å². The Hall–Kier alpha value is -2.04. The number of fused-ring (bicyclic) bond motifs is 1. The maximum absolute atomic E-state index is 12.2. The molecule has 0 spiro atoms. The van der Waals surface area contributed by atoms with Crippen LogP contribution in [0.3, 0.4) is 0 Å². The molecule has 0 aromatic heterocycles. The summed E-state index contributed by atoms with van der Waals surface area (Å²) in [6.07, 6.45) is -0.510. The van der Waals surface area contributed by atoms with E-state index in [9.17, 15) is 4.79 Å². The van der Waals surface area contributed by atoms with Crippen molar-refractivity contribution >= 4 is 17.5 Å². The summed E-state index contributed by atoms with van der Waals surface area (Å²) in [5.74, 6) is 0.347. The molecule has 0 saturated heterocycles. The van der Waals surface area contributed by atoms with E-state index < -0.39 is 12.4 Å². The Morgan fingerprint density at radius 3 is 2.74 bits per heavy atom. The van der Waals surface area contributed by atoms with Crippen LogP contribution in [0.25, 0.3) is 0 Å². The van der Waals surface area contributed by atoms with Crippen LogP contribution < -0.4 is 10.1 Å². The average molecular weight is 332 g/mol. The summed E-state index contributed by atoms with van der Waals surface area (Å²) in [5.41, 5.74) is 1.77. The number of nitrogens with one attached hydrogen (secondary N) is 1. The first-order chi connectivity index (χ1) is 11.2. The zero-order chi connectivity index (χ0) is 16.2. The number of hydrogen-bond donors (Lipinski definition) is 1. The van der Waals surface area contributed by atoms with Crippen molar-refractivity contribution in [2.45, 2.75) is 25.7 Å². The maximum Gasteiger partial charge on any atom is 0.289 e. The van der Waals surface area contributed by atoms with Crippen molar-refractivity contribution in [2.75, 3.05) is 6.54 Å². The van der Waals surface area contributed by atoms with E-state index in [0.29, 0.717) is 17.3 Å². The lowest BCUT2D eigenvalue weighted by atomic mass is 9.99. The van der Waals surface area contributed by atoms with Gasteiger partial charge in [-0.15, -0.1) is 0 Å². The number of amides is 1. The highest BCUT2D eigenvalue weighted by Crippen LogP contribution is 2.39. The Kier molecular flexibility index (Phi) is 4.84. The zero-order valence-corrected chi connectivity index (χ0v) is 13.5. The summed E-state index contributed by atoms with van der Waals surface area (Å²) in [4.78, 5) is 12.2. The third kappa shape index (κ3) is 3.49. The molecule has 1 aliphatic rings. The van der Waals surface area contributed by atoms with E-state index in [1.165, 1.54) is 0 Å². The second kappa shape index (κ2) is 7.02. The summed E-state index contributed by atoms with van der Waals surface area (Å²) in [6.45, 7) is 2.58. The number of carbonyl (C=O) groups excluding carboxylic acids is 1. The molecule has 1 aliphatic heterocycles. The molecule has 2 aromatic carbocycles. The lowest BCUT2D eigenvalue weighted by Crippen LogP contribution is -2.43. The number of rotatable bonds is 4. The van der Waals surface area contributed by atoms with Crippen LogP contribution in [0.5, 0.6) is 5.75 Å². The van der Waals surface area contributed by atoms with Gasteiger partial charge < -0.3 is 14.8 Å². The fraction of sp³-hybridized carbons (Fsp3) is 0.278. The number of hydrogen-bond acceptors (Lipinski definition) is 3. The highest BCUT2D eigenvalue weighted by atomic mass is 35.5. The first kappa shape index (κ1) is 15.8. The van der Waals surface area contributed by atoms with Crippen LogP contribution in [0, 0.1) is 0 Å². The quantitative estimate of drug-likeness (QED) is 0.929. The van der Waals surface area contributed by atoms with Crippen molar-refractivity contribution in [3.05, 3.63) is 64.7 Å². The van der Waals surface area contributed by atoms with Crippen LogP contribution in [0.4, 0.5) is 0 Å².